The van der Waals surface area contributed by atoms with Crippen molar-refractivity contribution in [2.24, 2.45) is 0 Å². The number of halogens is 1. The Bertz CT molecular complexity index is 562. The maximum Gasteiger partial charge on any atom is 0.0451 e. The third kappa shape index (κ3) is 3.98. The normalized spacial score (nSPS) is 12.3. The maximum atomic E-state index is 6.05. The van der Waals surface area contributed by atoms with Crippen LogP contribution in [0.5, 0.6) is 0 Å². The molecule has 3 nitrogen and oxygen atoms in total. The second-order valence-electron chi connectivity index (χ2n) is 4.36. The van der Waals surface area contributed by atoms with E-state index in [0.717, 1.165) is 28.0 Å². The molecule has 1 aromatic carbocycles. The molecule has 1 aromatic heterocycles. The monoisotopic (exact) mass is 351 g/mol. The van der Waals surface area contributed by atoms with Crippen molar-refractivity contribution in [3.63, 3.8) is 0 Å². The van der Waals surface area contributed by atoms with E-state index in [2.05, 4.69) is 45.3 Å². The predicted molar refractivity (Wildman–Crippen MR) is 89.9 cm³/mol. The predicted octanol–water partition coefficient (Wildman–Crippen LogP) is 3.87. The van der Waals surface area contributed by atoms with Crippen molar-refractivity contribution in [2.45, 2.75) is 17.9 Å². The van der Waals surface area contributed by atoms with Gasteiger partial charge in [0.2, 0.25) is 0 Å². The van der Waals surface area contributed by atoms with E-state index in [-0.39, 0.29) is 6.04 Å². The van der Waals surface area contributed by atoms with Crippen LogP contribution in [0.3, 0.4) is 0 Å². The van der Waals surface area contributed by atoms with Crippen LogP contribution in [-0.2, 0) is 0 Å². The molecule has 0 amide bonds. The van der Waals surface area contributed by atoms with Crippen LogP contribution in [0.4, 0.5) is 5.69 Å². The first-order valence-electron chi connectivity index (χ1n) is 6.52. The van der Waals surface area contributed by atoms with E-state index in [0.29, 0.717) is 0 Å². The molecule has 1 unspecified atom stereocenters. The molecule has 3 N–H and O–H groups in total. The van der Waals surface area contributed by atoms with Crippen LogP contribution in [0.25, 0.3) is 0 Å². The van der Waals surface area contributed by atoms with Gasteiger partial charge in [-0.05, 0) is 40.7 Å². The van der Waals surface area contributed by atoms with Gasteiger partial charge in [0.15, 0.2) is 0 Å². The molecule has 1 heterocycles. The van der Waals surface area contributed by atoms with Crippen LogP contribution in [0.2, 0.25) is 0 Å². The second kappa shape index (κ2) is 7.67. The Morgan fingerprint density at radius 3 is 2.85 bits per heavy atom. The molecule has 0 aliphatic rings. The van der Waals surface area contributed by atoms with Gasteiger partial charge in [0.1, 0.15) is 0 Å². The first kappa shape index (κ1) is 15.4. The van der Waals surface area contributed by atoms with E-state index in [9.17, 15) is 0 Å². The average molecular weight is 352 g/mol. The van der Waals surface area contributed by atoms with Gasteiger partial charge in [0.25, 0.3) is 0 Å². The van der Waals surface area contributed by atoms with Crippen molar-refractivity contribution in [3.05, 3.63) is 52.8 Å². The molecule has 0 bridgehead atoms. The number of anilines is 1. The summed E-state index contributed by atoms with van der Waals surface area (Å²) < 4.78 is 1.12. The average Bonchev–Trinajstić information content (AvgIpc) is 2.46. The fraction of sp³-hybridized carbons (Fsp3) is 0.267. The number of nitrogen functional groups attached to an aromatic ring is 1. The molecule has 106 valence electrons. The number of nitrogens with two attached hydrogens (primary N) is 1. The van der Waals surface area contributed by atoms with E-state index >= 15 is 0 Å². The van der Waals surface area contributed by atoms with Crippen LogP contribution in [0, 0.1) is 0 Å². The summed E-state index contributed by atoms with van der Waals surface area (Å²) in [6.45, 7) is 3.00. The van der Waals surface area contributed by atoms with E-state index in [1.807, 2.05) is 24.4 Å². The molecule has 0 aliphatic carbocycles. The lowest BCUT2D eigenvalue weighted by atomic mass is 10.1. The summed E-state index contributed by atoms with van der Waals surface area (Å²) in [5, 5.41) is 3.47. The van der Waals surface area contributed by atoms with Gasteiger partial charge in [-0.15, -0.1) is 11.8 Å². The molecule has 5 heteroatoms. The number of nitrogens with one attached hydrogen (secondary N) is 1. The van der Waals surface area contributed by atoms with Crippen molar-refractivity contribution < 1.29 is 0 Å². The fourth-order valence-corrected chi connectivity index (χ4v) is 3.60. The minimum absolute atomic E-state index is 0.200. The van der Waals surface area contributed by atoms with Gasteiger partial charge in [0, 0.05) is 44.8 Å². The molecule has 1 atom stereocenters. The zero-order valence-corrected chi connectivity index (χ0v) is 13.7. The highest BCUT2D eigenvalue weighted by Crippen LogP contribution is 2.31. The Balaban J connectivity index is 2.11. The van der Waals surface area contributed by atoms with Crippen LogP contribution >= 0.6 is 27.7 Å². The molecule has 2 rings (SSSR count). The van der Waals surface area contributed by atoms with Crippen molar-refractivity contribution in [1.29, 1.82) is 0 Å². The van der Waals surface area contributed by atoms with Crippen LogP contribution in [0.15, 0.2) is 52.1 Å². The summed E-state index contributed by atoms with van der Waals surface area (Å²) in [7, 11) is 0. The second-order valence-corrected chi connectivity index (χ2v) is 6.27. The van der Waals surface area contributed by atoms with E-state index < -0.39 is 0 Å². The Labute approximate surface area is 132 Å². The number of rotatable bonds is 6. The Hall–Kier alpha value is -1.04. The summed E-state index contributed by atoms with van der Waals surface area (Å²) in [4.78, 5) is 5.42. The third-order valence-corrected chi connectivity index (χ3v) is 5.08. The van der Waals surface area contributed by atoms with Crippen molar-refractivity contribution in [2.75, 3.05) is 18.0 Å². The fourth-order valence-electron chi connectivity index (χ4n) is 1.95. The summed E-state index contributed by atoms with van der Waals surface area (Å²) in [5.74, 6) is 0.909. The highest BCUT2D eigenvalue weighted by atomic mass is 79.9. The zero-order chi connectivity index (χ0) is 14.4. The Kier molecular flexibility index (Phi) is 5.88. The molecule has 0 spiro atoms. The number of thioether (sulfide) groups is 1. The van der Waals surface area contributed by atoms with Crippen LogP contribution < -0.4 is 11.1 Å². The Morgan fingerprint density at radius 2 is 2.15 bits per heavy atom. The first-order chi connectivity index (χ1) is 9.72. The van der Waals surface area contributed by atoms with E-state index in [1.165, 1.54) is 4.90 Å². The molecular formula is C15H18BrN3S. The van der Waals surface area contributed by atoms with E-state index in [1.54, 1.807) is 18.0 Å². The summed E-state index contributed by atoms with van der Waals surface area (Å²) in [5.41, 5.74) is 7.91. The molecule has 0 fully saturated rings. The highest BCUT2D eigenvalue weighted by Gasteiger charge is 2.14. The molecule has 20 heavy (non-hydrogen) atoms. The molecule has 2 aromatic rings. The summed E-state index contributed by atoms with van der Waals surface area (Å²) in [6, 6.07) is 10.3. The van der Waals surface area contributed by atoms with Gasteiger partial charge in [-0.2, -0.15) is 0 Å². The lowest BCUT2D eigenvalue weighted by Gasteiger charge is -2.19. The van der Waals surface area contributed by atoms with Gasteiger partial charge >= 0.3 is 0 Å². The zero-order valence-electron chi connectivity index (χ0n) is 11.3. The standard InChI is InChI=1S/C15H18BrN3S/c1-2-19-14(11-9-18-8-7-13(11)17)10-20-15-6-4-3-5-12(15)16/h3-9,14,19H,2,10H2,1H3,(H2,17,18). The SMILES string of the molecule is CCNC(CSc1ccccc1Br)c1cnccc1N. The van der Waals surface area contributed by atoms with Crippen LogP contribution in [-0.4, -0.2) is 17.3 Å². The number of nitrogens with zero attached hydrogens (tertiary/aromatic N) is 1. The summed E-state index contributed by atoms with van der Waals surface area (Å²) >= 11 is 5.38. The van der Waals surface area contributed by atoms with Crippen LogP contribution in [0.1, 0.15) is 18.5 Å². The number of aromatic nitrogens is 1. The molecule has 0 radical (unpaired) electrons. The topological polar surface area (TPSA) is 50.9 Å². The molecular weight excluding hydrogens is 334 g/mol. The van der Waals surface area contributed by atoms with Gasteiger partial charge in [-0.1, -0.05) is 19.1 Å². The van der Waals surface area contributed by atoms with Gasteiger partial charge < -0.3 is 11.1 Å². The van der Waals surface area contributed by atoms with Gasteiger partial charge in [-0.3, -0.25) is 4.98 Å². The lowest BCUT2D eigenvalue weighted by Crippen LogP contribution is -2.24. The van der Waals surface area contributed by atoms with Crippen molar-refractivity contribution in [1.82, 2.24) is 10.3 Å². The maximum absolute atomic E-state index is 6.05. The number of benzene rings is 1. The lowest BCUT2D eigenvalue weighted by molar-refractivity contribution is 0.605. The number of hydrogen-bond acceptors (Lipinski definition) is 4. The third-order valence-electron chi connectivity index (χ3n) is 2.96. The summed E-state index contributed by atoms with van der Waals surface area (Å²) in [6.07, 6.45) is 3.58. The first-order valence-corrected chi connectivity index (χ1v) is 8.30. The van der Waals surface area contributed by atoms with E-state index in [4.69, 9.17) is 5.73 Å². The minimum atomic E-state index is 0.200. The minimum Gasteiger partial charge on any atom is -0.398 e. The quantitative estimate of drug-likeness (QED) is 0.775. The van der Waals surface area contributed by atoms with Gasteiger partial charge in [0.05, 0.1) is 0 Å². The highest BCUT2D eigenvalue weighted by molar-refractivity contribution is 9.10. The number of hydrogen-bond donors (Lipinski definition) is 2. The van der Waals surface area contributed by atoms with Crippen molar-refractivity contribution in [3.8, 4) is 0 Å². The number of pyridine rings is 1. The van der Waals surface area contributed by atoms with Crippen molar-refractivity contribution >= 4 is 33.4 Å². The largest absolute Gasteiger partial charge is 0.398 e. The molecule has 0 saturated carbocycles. The Morgan fingerprint density at radius 1 is 1.35 bits per heavy atom. The molecule has 0 saturated heterocycles. The smallest absolute Gasteiger partial charge is 0.0451 e. The van der Waals surface area contributed by atoms with Gasteiger partial charge in [-0.25, -0.2) is 0 Å². The molecule has 0 aliphatic heterocycles.